The van der Waals surface area contributed by atoms with Crippen LogP contribution in [0.15, 0.2) is 17.6 Å². The van der Waals surface area contributed by atoms with Crippen molar-refractivity contribution in [2.75, 3.05) is 13.2 Å². The maximum atomic E-state index is 5.12. The summed E-state index contributed by atoms with van der Waals surface area (Å²) in [5.41, 5.74) is 1.24. The third kappa shape index (κ3) is 4.26. The first-order chi connectivity index (χ1) is 8.03. The van der Waals surface area contributed by atoms with Crippen molar-refractivity contribution >= 4 is 11.8 Å². The van der Waals surface area contributed by atoms with E-state index in [2.05, 4.69) is 36.1 Å². The van der Waals surface area contributed by atoms with E-state index in [0.717, 1.165) is 30.5 Å². The third-order valence-electron chi connectivity index (χ3n) is 2.38. The predicted octanol–water partition coefficient (Wildman–Crippen LogP) is 1.86. The molecule has 0 radical (unpaired) electrons. The van der Waals surface area contributed by atoms with Gasteiger partial charge >= 0.3 is 0 Å². The molecule has 0 aromatic carbocycles. The Bertz CT molecular complexity index is 357. The summed E-state index contributed by atoms with van der Waals surface area (Å²) in [6, 6.07) is 0. The number of hydrogen-bond donors (Lipinski definition) is 1. The fraction of sp³-hybridized carbons (Fsp3) is 0.667. The summed E-state index contributed by atoms with van der Waals surface area (Å²) in [7, 11) is 0. The van der Waals surface area contributed by atoms with Crippen LogP contribution in [0.1, 0.15) is 26.3 Å². The average molecular weight is 253 g/mol. The zero-order valence-corrected chi connectivity index (χ0v) is 11.4. The minimum absolute atomic E-state index is 0.122. The summed E-state index contributed by atoms with van der Waals surface area (Å²) < 4.78 is 5.12. The monoisotopic (exact) mass is 253 g/mol. The smallest absolute Gasteiger partial charge is 0.187 e. The van der Waals surface area contributed by atoms with Gasteiger partial charge in [0.1, 0.15) is 0 Å². The molecule has 1 saturated heterocycles. The molecular formula is C12H19N3OS. The average Bonchev–Trinajstić information content (AvgIpc) is 2.21. The first kappa shape index (κ1) is 12.8. The van der Waals surface area contributed by atoms with Gasteiger partial charge in [0.25, 0.3) is 0 Å². The molecule has 0 aliphatic carbocycles. The predicted molar refractivity (Wildman–Crippen MR) is 69.1 cm³/mol. The second kappa shape index (κ2) is 5.33. The van der Waals surface area contributed by atoms with Crippen LogP contribution in [0, 0.1) is 0 Å². The maximum absolute atomic E-state index is 5.12. The zero-order chi connectivity index (χ0) is 12.3. The van der Waals surface area contributed by atoms with Gasteiger partial charge in [0.2, 0.25) is 0 Å². The highest BCUT2D eigenvalue weighted by Crippen LogP contribution is 2.24. The van der Waals surface area contributed by atoms with Crippen LogP contribution in [-0.4, -0.2) is 34.0 Å². The molecule has 5 heteroatoms. The van der Waals surface area contributed by atoms with E-state index >= 15 is 0 Å². The lowest BCUT2D eigenvalue weighted by Crippen LogP contribution is -2.35. The first-order valence-electron chi connectivity index (χ1n) is 5.83. The Balaban J connectivity index is 1.84. The van der Waals surface area contributed by atoms with Crippen LogP contribution in [0.4, 0.5) is 0 Å². The fourth-order valence-electron chi connectivity index (χ4n) is 1.29. The number of nitrogens with zero attached hydrogens (tertiary/aromatic N) is 2. The van der Waals surface area contributed by atoms with Crippen molar-refractivity contribution in [3.63, 3.8) is 0 Å². The SMILES string of the molecule is CC(C)(C)NCc1cnc(SC2COC2)nc1. The number of nitrogens with one attached hydrogen (secondary N) is 1. The lowest BCUT2D eigenvalue weighted by molar-refractivity contribution is 0.0454. The van der Waals surface area contributed by atoms with Crippen molar-refractivity contribution in [1.29, 1.82) is 0 Å². The number of hydrogen-bond acceptors (Lipinski definition) is 5. The van der Waals surface area contributed by atoms with Gasteiger partial charge in [-0.05, 0) is 20.8 Å². The van der Waals surface area contributed by atoms with Crippen LogP contribution in [0.3, 0.4) is 0 Å². The van der Waals surface area contributed by atoms with Crippen LogP contribution in [-0.2, 0) is 11.3 Å². The van der Waals surface area contributed by atoms with E-state index < -0.39 is 0 Å². The topological polar surface area (TPSA) is 47.0 Å². The van der Waals surface area contributed by atoms with Gasteiger partial charge < -0.3 is 10.1 Å². The lowest BCUT2D eigenvalue weighted by Gasteiger charge is -2.24. The first-order valence-corrected chi connectivity index (χ1v) is 6.71. The van der Waals surface area contributed by atoms with E-state index in [0.29, 0.717) is 5.25 Å². The van der Waals surface area contributed by atoms with E-state index in [1.165, 1.54) is 0 Å². The summed E-state index contributed by atoms with van der Waals surface area (Å²) in [5.74, 6) is 0. The fourth-order valence-corrected chi connectivity index (χ4v) is 2.15. The molecule has 0 saturated carbocycles. The molecule has 1 N–H and O–H groups in total. The molecule has 0 bridgehead atoms. The van der Waals surface area contributed by atoms with Crippen molar-refractivity contribution in [2.24, 2.45) is 0 Å². The highest BCUT2D eigenvalue weighted by molar-refractivity contribution is 7.99. The number of aromatic nitrogens is 2. The maximum Gasteiger partial charge on any atom is 0.187 e. The second-order valence-electron chi connectivity index (χ2n) is 5.25. The molecular weight excluding hydrogens is 234 g/mol. The normalized spacial score (nSPS) is 16.9. The lowest BCUT2D eigenvalue weighted by atomic mass is 10.1. The molecule has 1 aromatic rings. The Kier molecular flexibility index (Phi) is 4.01. The van der Waals surface area contributed by atoms with Gasteiger partial charge in [0, 0.05) is 30.0 Å². The van der Waals surface area contributed by atoms with Gasteiger partial charge in [0.05, 0.1) is 18.5 Å². The summed E-state index contributed by atoms with van der Waals surface area (Å²) in [6.07, 6.45) is 3.79. The van der Waals surface area contributed by atoms with E-state index in [1.807, 2.05) is 12.4 Å². The van der Waals surface area contributed by atoms with E-state index in [-0.39, 0.29) is 5.54 Å². The molecule has 1 aliphatic rings. The Morgan fingerprint density at radius 2 is 2.00 bits per heavy atom. The quantitative estimate of drug-likeness (QED) is 0.830. The Morgan fingerprint density at radius 3 is 2.47 bits per heavy atom. The second-order valence-corrected chi connectivity index (χ2v) is 6.52. The van der Waals surface area contributed by atoms with Crippen molar-refractivity contribution in [3.05, 3.63) is 18.0 Å². The summed E-state index contributed by atoms with van der Waals surface area (Å²) in [6.45, 7) is 8.89. The van der Waals surface area contributed by atoms with Gasteiger partial charge in [0.15, 0.2) is 5.16 Å². The molecule has 1 aromatic heterocycles. The molecule has 17 heavy (non-hydrogen) atoms. The van der Waals surface area contributed by atoms with Crippen molar-refractivity contribution in [1.82, 2.24) is 15.3 Å². The summed E-state index contributed by atoms with van der Waals surface area (Å²) in [5, 5.41) is 4.79. The van der Waals surface area contributed by atoms with Gasteiger partial charge in [-0.25, -0.2) is 9.97 Å². The van der Waals surface area contributed by atoms with Crippen LogP contribution < -0.4 is 5.32 Å². The number of ether oxygens (including phenoxy) is 1. The molecule has 0 atom stereocenters. The van der Waals surface area contributed by atoms with Crippen molar-refractivity contribution in [2.45, 2.75) is 43.3 Å². The summed E-state index contributed by atoms with van der Waals surface area (Å²) in [4.78, 5) is 8.71. The van der Waals surface area contributed by atoms with Crippen LogP contribution in [0.5, 0.6) is 0 Å². The molecule has 2 rings (SSSR count). The van der Waals surface area contributed by atoms with Crippen LogP contribution >= 0.6 is 11.8 Å². The van der Waals surface area contributed by atoms with E-state index in [9.17, 15) is 0 Å². The van der Waals surface area contributed by atoms with Gasteiger partial charge in [-0.1, -0.05) is 11.8 Å². The largest absolute Gasteiger partial charge is 0.379 e. The number of rotatable bonds is 4. The molecule has 1 aliphatic heterocycles. The van der Waals surface area contributed by atoms with E-state index in [1.54, 1.807) is 11.8 Å². The minimum atomic E-state index is 0.122. The van der Waals surface area contributed by atoms with Crippen molar-refractivity contribution < 1.29 is 4.74 Å². The van der Waals surface area contributed by atoms with Gasteiger partial charge in [-0.15, -0.1) is 0 Å². The highest BCUT2D eigenvalue weighted by atomic mass is 32.2. The summed E-state index contributed by atoms with van der Waals surface area (Å²) >= 11 is 1.70. The zero-order valence-electron chi connectivity index (χ0n) is 10.6. The third-order valence-corrected chi connectivity index (χ3v) is 3.41. The molecule has 0 spiro atoms. The molecule has 2 heterocycles. The Hall–Kier alpha value is -0.650. The van der Waals surface area contributed by atoms with Gasteiger partial charge in [-0.3, -0.25) is 0 Å². The number of thioether (sulfide) groups is 1. The molecule has 1 fully saturated rings. The van der Waals surface area contributed by atoms with Crippen LogP contribution in [0.25, 0.3) is 0 Å². The standard InChI is InChI=1S/C12H19N3OS/c1-12(2,3)15-6-9-4-13-11(14-5-9)17-10-7-16-8-10/h4-5,10,15H,6-8H2,1-3H3. The molecule has 94 valence electrons. The molecule has 0 unspecified atom stereocenters. The van der Waals surface area contributed by atoms with Gasteiger partial charge in [-0.2, -0.15) is 0 Å². The minimum Gasteiger partial charge on any atom is -0.379 e. The van der Waals surface area contributed by atoms with Crippen molar-refractivity contribution in [3.8, 4) is 0 Å². The van der Waals surface area contributed by atoms with Crippen LogP contribution in [0.2, 0.25) is 0 Å². The molecule has 0 amide bonds. The Labute approximate surface area is 107 Å². The highest BCUT2D eigenvalue weighted by Gasteiger charge is 2.20. The molecule has 4 nitrogen and oxygen atoms in total. The Morgan fingerprint density at radius 1 is 1.35 bits per heavy atom. The van der Waals surface area contributed by atoms with E-state index in [4.69, 9.17) is 4.74 Å².